The van der Waals surface area contributed by atoms with Gasteiger partial charge in [-0.25, -0.2) is 4.39 Å². The van der Waals surface area contributed by atoms with Gasteiger partial charge in [0.25, 0.3) is 0 Å². The molecule has 120 valence electrons. The minimum atomic E-state index is -0.624. The van der Waals surface area contributed by atoms with Crippen LogP contribution in [0.1, 0.15) is 64.0 Å². The van der Waals surface area contributed by atoms with Crippen molar-refractivity contribution >= 4 is 12.4 Å². The summed E-state index contributed by atoms with van der Waals surface area (Å²) in [6.07, 6.45) is 6.02. The van der Waals surface area contributed by atoms with Crippen molar-refractivity contribution in [2.75, 3.05) is 0 Å². The number of rotatable bonds is 6. The van der Waals surface area contributed by atoms with Crippen LogP contribution in [0.5, 0.6) is 0 Å². The van der Waals surface area contributed by atoms with Crippen LogP contribution < -0.4 is 5.32 Å². The van der Waals surface area contributed by atoms with Crippen molar-refractivity contribution in [1.29, 1.82) is 0 Å². The number of hydrogen-bond acceptors (Lipinski definition) is 2. The Morgan fingerprint density at radius 2 is 2.00 bits per heavy atom. The first-order chi connectivity index (χ1) is 9.60. The zero-order valence-corrected chi connectivity index (χ0v) is 13.8. The molecule has 1 fully saturated rings. The lowest BCUT2D eigenvalue weighted by Gasteiger charge is -2.31. The number of aliphatic hydroxyl groups excluding tert-OH is 1. The summed E-state index contributed by atoms with van der Waals surface area (Å²) in [7, 11) is 0. The van der Waals surface area contributed by atoms with Crippen molar-refractivity contribution in [3.8, 4) is 0 Å². The topological polar surface area (TPSA) is 32.3 Å². The number of hydrogen-bond donors (Lipinski definition) is 2. The molecule has 1 aliphatic rings. The van der Waals surface area contributed by atoms with Crippen LogP contribution >= 0.6 is 12.4 Å². The quantitative estimate of drug-likeness (QED) is 0.817. The van der Waals surface area contributed by atoms with Gasteiger partial charge in [0, 0.05) is 11.6 Å². The molecule has 2 N–H and O–H groups in total. The fourth-order valence-electron chi connectivity index (χ4n) is 3.61. The first kappa shape index (κ1) is 18.4. The predicted molar refractivity (Wildman–Crippen MR) is 87.3 cm³/mol. The van der Waals surface area contributed by atoms with E-state index in [2.05, 4.69) is 19.2 Å². The number of benzene rings is 1. The molecule has 21 heavy (non-hydrogen) atoms. The van der Waals surface area contributed by atoms with Gasteiger partial charge in [-0.2, -0.15) is 0 Å². The molecule has 0 aromatic heterocycles. The molecular formula is C17H27ClFNO. The fourth-order valence-corrected chi connectivity index (χ4v) is 3.61. The maximum absolute atomic E-state index is 13.3. The Hall–Kier alpha value is -0.640. The predicted octanol–water partition coefficient (Wildman–Crippen LogP) is 4.37. The molecule has 2 nitrogen and oxygen atoms in total. The average molecular weight is 316 g/mol. The van der Waals surface area contributed by atoms with Crippen molar-refractivity contribution in [3.63, 3.8) is 0 Å². The normalized spacial score (nSPS) is 21.8. The minimum absolute atomic E-state index is 0. The van der Waals surface area contributed by atoms with Gasteiger partial charge in [0.1, 0.15) is 5.82 Å². The third kappa shape index (κ3) is 4.41. The molecule has 1 saturated heterocycles. The van der Waals surface area contributed by atoms with Gasteiger partial charge >= 0.3 is 0 Å². The van der Waals surface area contributed by atoms with E-state index in [1.807, 2.05) is 0 Å². The number of nitrogens with one attached hydrogen (secondary N) is 1. The average Bonchev–Trinajstić information content (AvgIpc) is 2.83. The molecular weight excluding hydrogens is 289 g/mol. The van der Waals surface area contributed by atoms with Crippen LogP contribution in [0.4, 0.5) is 4.39 Å². The van der Waals surface area contributed by atoms with Crippen molar-refractivity contribution in [1.82, 2.24) is 5.32 Å². The second-order valence-corrected chi connectivity index (χ2v) is 6.07. The molecule has 0 amide bonds. The van der Waals surface area contributed by atoms with Crippen LogP contribution in [0, 0.1) is 5.82 Å². The van der Waals surface area contributed by atoms with E-state index in [1.165, 1.54) is 12.1 Å². The highest BCUT2D eigenvalue weighted by molar-refractivity contribution is 5.85. The maximum atomic E-state index is 13.3. The Morgan fingerprint density at radius 3 is 2.57 bits per heavy atom. The van der Waals surface area contributed by atoms with Gasteiger partial charge in [-0.05, 0) is 43.4 Å². The second-order valence-electron chi connectivity index (χ2n) is 6.07. The van der Waals surface area contributed by atoms with Crippen LogP contribution in [0.15, 0.2) is 24.3 Å². The van der Waals surface area contributed by atoms with Gasteiger partial charge in [-0.15, -0.1) is 12.4 Å². The summed E-state index contributed by atoms with van der Waals surface area (Å²) in [6, 6.07) is 6.35. The zero-order valence-electron chi connectivity index (χ0n) is 12.9. The molecule has 4 heteroatoms. The summed E-state index contributed by atoms with van der Waals surface area (Å²) in [5.41, 5.74) is 0.842. The van der Waals surface area contributed by atoms with Crippen molar-refractivity contribution in [2.24, 2.45) is 0 Å². The van der Waals surface area contributed by atoms with Gasteiger partial charge in [0.15, 0.2) is 0 Å². The summed E-state index contributed by atoms with van der Waals surface area (Å²) in [6.45, 7) is 4.41. The standard InChI is InChI=1S/C17H26FNO.ClH/c1-3-9-17(10-4-2)11-8-15(19-17)16(20)13-6-5-7-14(18)12-13;/h5-7,12,15-16,19-20H,3-4,8-11H2,1-2H3;1H/t15-,16?;/m1./s1. The molecule has 1 unspecified atom stereocenters. The van der Waals surface area contributed by atoms with Crippen LogP contribution in [-0.4, -0.2) is 16.7 Å². The SMILES string of the molecule is CCCC1(CCC)CC[C@H](C(O)c2cccc(F)c2)N1.Cl. The van der Waals surface area contributed by atoms with Gasteiger partial charge < -0.3 is 10.4 Å². The largest absolute Gasteiger partial charge is 0.387 e. The van der Waals surface area contributed by atoms with Gasteiger partial charge in [0.05, 0.1) is 6.10 Å². The second kappa shape index (κ2) is 8.11. The summed E-state index contributed by atoms with van der Waals surface area (Å²) in [5.74, 6) is -0.284. The third-order valence-electron chi connectivity index (χ3n) is 4.45. The molecule has 2 atom stereocenters. The first-order valence-electron chi connectivity index (χ1n) is 7.81. The summed E-state index contributed by atoms with van der Waals surface area (Å²) >= 11 is 0. The summed E-state index contributed by atoms with van der Waals surface area (Å²) in [4.78, 5) is 0. The van der Waals surface area contributed by atoms with E-state index < -0.39 is 6.10 Å². The zero-order chi connectivity index (χ0) is 14.6. The smallest absolute Gasteiger partial charge is 0.123 e. The Labute approximate surface area is 133 Å². The van der Waals surface area contributed by atoms with Crippen molar-refractivity contribution < 1.29 is 9.50 Å². The highest BCUT2D eigenvalue weighted by atomic mass is 35.5. The monoisotopic (exact) mass is 315 g/mol. The van der Waals surface area contributed by atoms with Crippen LogP contribution in [-0.2, 0) is 0 Å². The maximum Gasteiger partial charge on any atom is 0.123 e. The molecule has 0 aliphatic carbocycles. The van der Waals surface area contributed by atoms with Gasteiger partial charge in [0.2, 0.25) is 0 Å². The molecule has 1 heterocycles. The van der Waals surface area contributed by atoms with E-state index in [9.17, 15) is 9.50 Å². The van der Waals surface area contributed by atoms with Crippen molar-refractivity contribution in [3.05, 3.63) is 35.6 Å². The van der Waals surface area contributed by atoms with E-state index in [0.29, 0.717) is 5.56 Å². The summed E-state index contributed by atoms with van der Waals surface area (Å²) in [5, 5.41) is 14.1. The Kier molecular flexibility index (Phi) is 7.11. The molecule has 1 aromatic carbocycles. The summed E-state index contributed by atoms with van der Waals surface area (Å²) < 4.78 is 13.3. The highest BCUT2D eigenvalue weighted by Crippen LogP contribution is 2.36. The number of aliphatic hydroxyl groups is 1. The molecule has 0 spiro atoms. The van der Waals surface area contributed by atoms with Gasteiger partial charge in [-0.1, -0.05) is 38.8 Å². The van der Waals surface area contributed by atoms with E-state index in [4.69, 9.17) is 0 Å². The highest BCUT2D eigenvalue weighted by Gasteiger charge is 2.39. The van der Waals surface area contributed by atoms with E-state index >= 15 is 0 Å². The third-order valence-corrected chi connectivity index (χ3v) is 4.45. The lowest BCUT2D eigenvalue weighted by atomic mass is 9.87. The minimum Gasteiger partial charge on any atom is -0.387 e. The Morgan fingerprint density at radius 1 is 1.33 bits per heavy atom. The molecule has 0 radical (unpaired) electrons. The van der Waals surface area contributed by atoms with E-state index in [-0.39, 0.29) is 29.8 Å². The Balaban J connectivity index is 0.00000220. The molecule has 0 saturated carbocycles. The van der Waals surface area contributed by atoms with Crippen molar-refractivity contribution in [2.45, 2.75) is 70.1 Å². The number of halogens is 2. The van der Waals surface area contributed by atoms with Crippen LogP contribution in [0.3, 0.4) is 0 Å². The molecule has 1 aliphatic heterocycles. The van der Waals surface area contributed by atoms with Gasteiger partial charge in [-0.3, -0.25) is 0 Å². The first-order valence-corrected chi connectivity index (χ1v) is 7.81. The van der Waals surface area contributed by atoms with Crippen LogP contribution in [0.2, 0.25) is 0 Å². The van der Waals surface area contributed by atoms with Crippen LogP contribution in [0.25, 0.3) is 0 Å². The fraction of sp³-hybridized carbons (Fsp3) is 0.647. The van der Waals surface area contributed by atoms with E-state index in [1.54, 1.807) is 12.1 Å². The molecule has 0 bridgehead atoms. The lowest BCUT2D eigenvalue weighted by Crippen LogP contribution is -2.44. The van der Waals surface area contributed by atoms with E-state index in [0.717, 1.165) is 38.5 Å². The molecule has 2 rings (SSSR count). The lowest BCUT2D eigenvalue weighted by molar-refractivity contribution is 0.126. The molecule has 1 aromatic rings. The Bertz CT molecular complexity index is 435.